The molecule has 2 heterocycles. The predicted octanol–water partition coefficient (Wildman–Crippen LogP) is 3.46. The predicted molar refractivity (Wildman–Crippen MR) is 102 cm³/mol. The van der Waals surface area contributed by atoms with Crippen molar-refractivity contribution in [2.24, 2.45) is 0 Å². The van der Waals surface area contributed by atoms with Crippen LogP contribution < -0.4 is 14.2 Å². The summed E-state index contributed by atoms with van der Waals surface area (Å²) in [6.45, 7) is 3.54. The van der Waals surface area contributed by atoms with Gasteiger partial charge in [-0.1, -0.05) is 12.1 Å². The van der Waals surface area contributed by atoms with E-state index < -0.39 is 6.10 Å². The molecule has 4 rings (SSSR count). The molecule has 1 fully saturated rings. The maximum absolute atomic E-state index is 13.1. The number of amides is 1. The Morgan fingerprint density at radius 3 is 2.86 bits per heavy atom. The molecule has 1 amide bonds. The van der Waals surface area contributed by atoms with E-state index in [-0.39, 0.29) is 11.9 Å². The molecule has 0 aromatic heterocycles. The van der Waals surface area contributed by atoms with E-state index in [0.717, 1.165) is 29.9 Å². The van der Waals surface area contributed by atoms with Gasteiger partial charge in [0.25, 0.3) is 5.91 Å². The van der Waals surface area contributed by atoms with Crippen molar-refractivity contribution >= 4 is 5.91 Å². The lowest BCUT2D eigenvalue weighted by Crippen LogP contribution is -2.40. The van der Waals surface area contributed by atoms with E-state index in [1.807, 2.05) is 23.1 Å². The van der Waals surface area contributed by atoms with Crippen LogP contribution in [-0.2, 0) is 4.79 Å². The molecule has 2 aliphatic rings. The fourth-order valence-corrected chi connectivity index (χ4v) is 3.77. The molecule has 0 N–H and O–H groups in total. The van der Waals surface area contributed by atoms with Crippen LogP contribution in [0.2, 0.25) is 0 Å². The van der Waals surface area contributed by atoms with E-state index >= 15 is 0 Å². The molecule has 6 nitrogen and oxygen atoms in total. The number of hydrogen-bond donors (Lipinski definition) is 0. The zero-order chi connectivity index (χ0) is 19.5. The lowest BCUT2D eigenvalue weighted by molar-refractivity contribution is -0.138. The summed E-state index contributed by atoms with van der Waals surface area (Å²) in [6, 6.07) is 14.8. The third kappa shape index (κ3) is 3.61. The molecule has 0 radical (unpaired) electrons. The first-order valence-corrected chi connectivity index (χ1v) is 9.52. The van der Waals surface area contributed by atoms with E-state index in [4.69, 9.17) is 19.5 Å². The third-order valence-corrected chi connectivity index (χ3v) is 5.11. The molecule has 2 aromatic rings. The maximum Gasteiger partial charge on any atom is 0.263 e. The monoisotopic (exact) mass is 378 g/mol. The van der Waals surface area contributed by atoms with Crippen LogP contribution in [0.25, 0.3) is 0 Å². The second-order valence-electron chi connectivity index (χ2n) is 6.99. The van der Waals surface area contributed by atoms with Crippen molar-refractivity contribution in [1.29, 1.82) is 5.26 Å². The summed E-state index contributed by atoms with van der Waals surface area (Å²) in [4.78, 5) is 14.9. The molecule has 1 saturated heterocycles. The minimum Gasteiger partial charge on any atom is -0.486 e. The summed E-state index contributed by atoms with van der Waals surface area (Å²) in [5.74, 6) is 1.95. The van der Waals surface area contributed by atoms with Crippen molar-refractivity contribution in [1.82, 2.24) is 4.90 Å². The van der Waals surface area contributed by atoms with E-state index in [2.05, 4.69) is 6.07 Å². The molecule has 2 aliphatic heterocycles. The first kappa shape index (κ1) is 18.2. The van der Waals surface area contributed by atoms with Crippen molar-refractivity contribution in [2.45, 2.75) is 31.9 Å². The number of carbonyl (C=O) groups is 1. The minimum atomic E-state index is -0.633. The van der Waals surface area contributed by atoms with Crippen molar-refractivity contribution in [3.8, 4) is 23.3 Å². The Bertz CT molecular complexity index is 921. The lowest BCUT2D eigenvalue weighted by Gasteiger charge is -2.29. The van der Waals surface area contributed by atoms with Crippen LogP contribution in [0.5, 0.6) is 17.2 Å². The van der Waals surface area contributed by atoms with Gasteiger partial charge in [-0.3, -0.25) is 4.79 Å². The van der Waals surface area contributed by atoms with Crippen LogP contribution in [0.4, 0.5) is 0 Å². The van der Waals surface area contributed by atoms with Gasteiger partial charge in [0.1, 0.15) is 19.0 Å². The fraction of sp³-hybridized carbons (Fsp3) is 0.364. The minimum absolute atomic E-state index is 0.000167. The number of hydrogen-bond acceptors (Lipinski definition) is 5. The van der Waals surface area contributed by atoms with Gasteiger partial charge in [0.2, 0.25) is 0 Å². The number of benzene rings is 2. The van der Waals surface area contributed by atoms with Crippen molar-refractivity contribution in [3.05, 3.63) is 53.6 Å². The van der Waals surface area contributed by atoms with Crippen LogP contribution in [-0.4, -0.2) is 36.7 Å². The second-order valence-corrected chi connectivity index (χ2v) is 6.99. The van der Waals surface area contributed by atoms with Gasteiger partial charge in [-0.2, -0.15) is 5.26 Å². The molecule has 0 spiro atoms. The molecule has 144 valence electrons. The average Bonchev–Trinajstić information content (AvgIpc) is 3.22. The number of fused-ring (bicyclic) bond motifs is 1. The largest absolute Gasteiger partial charge is 0.486 e. The summed E-state index contributed by atoms with van der Waals surface area (Å²) in [5, 5.41) is 9.02. The Labute approximate surface area is 164 Å². The number of ether oxygens (including phenoxy) is 3. The highest BCUT2D eigenvalue weighted by molar-refractivity contribution is 5.81. The normalized spacial score (nSPS) is 19.0. The Kier molecular flexibility index (Phi) is 5.07. The Hall–Kier alpha value is -3.20. The topological polar surface area (TPSA) is 71.8 Å². The van der Waals surface area contributed by atoms with Gasteiger partial charge in [-0.05, 0) is 55.7 Å². The summed E-state index contributed by atoms with van der Waals surface area (Å²) in [5.41, 5.74) is 1.56. The molecule has 0 bridgehead atoms. The maximum atomic E-state index is 13.1. The highest BCUT2D eigenvalue weighted by Gasteiger charge is 2.34. The zero-order valence-corrected chi connectivity index (χ0v) is 15.8. The Morgan fingerprint density at radius 2 is 2.04 bits per heavy atom. The van der Waals surface area contributed by atoms with Crippen LogP contribution in [0.3, 0.4) is 0 Å². The quantitative estimate of drug-likeness (QED) is 0.815. The number of rotatable bonds is 4. The van der Waals surface area contributed by atoms with Gasteiger partial charge in [0.05, 0.1) is 17.7 Å². The summed E-state index contributed by atoms with van der Waals surface area (Å²) >= 11 is 0. The number of carbonyl (C=O) groups excluding carboxylic acids is 1. The molecule has 28 heavy (non-hydrogen) atoms. The average molecular weight is 378 g/mol. The summed E-state index contributed by atoms with van der Waals surface area (Å²) in [7, 11) is 0. The second kappa shape index (κ2) is 7.81. The molecule has 6 heteroatoms. The third-order valence-electron chi connectivity index (χ3n) is 5.11. The smallest absolute Gasteiger partial charge is 0.263 e. The van der Waals surface area contributed by atoms with Crippen molar-refractivity contribution in [3.63, 3.8) is 0 Å². The molecular formula is C22H22N2O4. The lowest BCUT2D eigenvalue weighted by atomic mass is 10.0. The van der Waals surface area contributed by atoms with E-state index in [1.165, 1.54) is 0 Å². The van der Waals surface area contributed by atoms with Gasteiger partial charge in [0.15, 0.2) is 17.6 Å². The standard InChI is InChI=1S/C22H22N2O4/c1-15(28-18-5-2-4-16(12-18)14-23)22(25)24-9-3-6-19(24)17-7-8-20-21(13-17)27-11-10-26-20/h2,4-5,7-8,12-13,15,19H,3,6,9-11H2,1H3. The van der Waals surface area contributed by atoms with Crippen LogP contribution in [0.1, 0.15) is 36.9 Å². The van der Waals surface area contributed by atoms with E-state index in [1.54, 1.807) is 31.2 Å². The van der Waals surface area contributed by atoms with Gasteiger partial charge in [-0.15, -0.1) is 0 Å². The van der Waals surface area contributed by atoms with E-state index in [9.17, 15) is 4.79 Å². The fourth-order valence-electron chi connectivity index (χ4n) is 3.77. The molecule has 0 saturated carbocycles. The number of likely N-dealkylation sites (tertiary alicyclic amines) is 1. The summed E-state index contributed by atoms with van der Waals surface area (Å²) in [6.07, 6.45) is 1.22. The highest BCUT2D eigenvalue weighted by atomic mass is 16.6. The summed E-state index contributed by atoms with van der Waals surface area (Å²) < 4.78 is 17.1. The van der Waals surface area contributed by atoms with Crippen LogP contribution in [0.15, 0.2) is 42.5 Å². The first-order valence-electron chi connectivity index (χ1n) is 9.52. The molecule has 0 aliphatic carbocycles. The number of nitrogens with zero attached hydrogens (tertiary/aromatic N) is 2. The molecule has 2 unspecified atom stereocenters. The SMILES string of the molecule is CC(Oc1cccc(C#N)c1)C(=O)N1CCCC1c1ccc2c(c1)OCCO2. The Balaban J connectivity index is 1.49. The van der Waals surface area contributed by atoms with Crippen molar-refractivity contribution in [2.75, 3.05) is 19.8 Å². The zero-order valence-electron chi connectivity index (χ0n) is 15.8. The molecular weight excluding hydrogens is 356 g/mol. The highest BCUT2D eigenvalue weighted by Crippen LogP contribution is 2.38. The van der Waals surface area contributed by atoms with Crippen LogP contribution >= 0.6 is 0 Å². The molecule has 2 aromatic carbocycles. The van der Waals surface area contributed by atoms with Crippen molar-refractivity contribution < 1.29 is 19.0 Å². The van der Waals surface area contributed by atoms with Gasteiger partial charge in [-0.25, -0.2) is 0 Å². The van der Waals surface area contributed by atoms with Gasteiger partial charge < -0.3 is 19.1 Å². The Morgan fingerprint density at radius 1 is 1.21 bits per heavy atom. The number of nitriles is 1. The molecule has 2 atom stereocenters. The van der Waals surface area contributed by atoms with Crippen LogP contribution in [0, 0.1) is 11.3 Å². The van der Waals surface area contributed by atoms with E-state index in [0.29, 0.717) is 31.1 Å². The first-order chi connectivity index (χ1) is 13.7. The van der Waals surface area contributed by atoms with Gasteiger partial charge in [0, 0.05) is 6.54 Å². The van der Waals surface area contributed by atoms with Gasteiger partial charge >= 0.3 is 0 Å².